The molecule has 1 unspecified atom stereocenters. The summed E-state index contributed by atoms with van der Waals surface area (Å²) in [6.07, 6.45) is -1.16. The second kappa shape index (κ2) is 6.01. The molecule has 0 saturated carbocycles. The summed E-state index contributed by atoms with van der Waals surface area (Å²) in [4.78, 5) is 0. The normalized spacial score (nSPS) is 12.5. The van der Waals surface area contributed by atoms with E-state index in [2.05, 4.69) is 0 Å². The quantitative estimate of drug-likeness (QED) is 0.921. The Bertz CT molecular complexity index is 580. The number of rotatable bonds is 4. The van der Waals surface area contributed by atoms with Crippen LogP contribution in [-0.2, 0) is 0 Å². The van der Waals surface area contributed by atoms with Gasteiger partial charge in [-0.3, -0.25) is 0 Å². The summed E-state index contributed by atoms with van der Waals surface area (Å²) in [5, 5.41) is 10.1. The van der Waals surface area contributed by atoms with E-state index in [-0.39, 0.29) is 11.7 Å². The number of ether oxygens (including phenoxy) is 1. The first-order valence-corrected chi connectivity index (χ1v) is 6.37. The third-order valence-corrected chi connectivity index (χ3v) is 2.82. The molecule has 1 atom stereocenters. The molecule has 0 spiro atoms. The number of aliphatic hydroxyl groups excluding tert-OH is 1. The molecule has 1 N–H and O–H groups in total. The maximum atomic E-state index is 13.6. The molecule has 0 fully saturated rings. The van der Waals surface area contributed by atoms with Gasteiger partial charge in [0.1, 0.15) is 23.5 Å². The second-order valence-electron chi connectivity index (χ2n) is 4.80. The summed E-state index contributed by atoms with van der Waals surface area (Å²) in [5.74, 6) is -0.558. The van der Waals surface area contributed by atoms with E-state index < -0.39 is 17.7 Å². The molecule has 2 nitrogen and oxygen atoms in total. The van der Waals surface area contributed by atoms with Gasteiger partial charge in [0, 0.05) is 5.56 Å². The predicted molar refractivity (Wildman–Crippen MR) is 72.6 cm³/mol. The monoisotopic (exact) mass is 278 g/mol. The molecule has 2 aromatic carbocycles. The van der Waals surface area contributed by atoms with Crippen LogP contribution in [-0.4, -0.2) is 11.2 Å². The van der Waals surface area contributed by atoms with E-state index in [4.69, 9.17) is 4.74 Å². The van der Waals surface area contributed by atoms with E-state index >= 15 is 0 Å². The van der Waals surface area contributed by atoms with E-state index in [1.807, 2.05) is 13.8 Å². The Morgan fingerprint density at radius 1 is 1.00 bits per heavy atom. The lowest BCUT2D eigenvalue weighted by Crippen LogP contribution is -2.06. The van der Waals surface area contributed by atoms with Crippen LogP contribution in [0, 0.1) is 11.6 Å². The van der Waals surface area contributed by atoms with Crippen LogP contribution in [0.2, 0.25) is 0 Å². The Labute approximate surface area is 116 Å². The lowest BCUT2D eigenvalue weighted by atomic mass is 10.0. The van der Waals surface area contributed by atoms with Crippen molar-refractivity contribution in [1.82, 2.24) is 0 Å². The van der Waals surface area contributed by atoms with Crippen molar-refractivity contribution in [1.29, 1.82) is 0 Å². The zero-order valence-electron chi connectivity index (χ0n) is 11.3. The van der Waals surface area contributed by atoms with Crippen molar-refractivity contribution in [3.05, 3.63) is 65.2 Å². The van der Waals surface area contributed by atoms with Crippen molar-refractivity contribution in [3.8, 4) is 5.75 Å². The SMILES string of the molecule is CC(C)Oc1ccc(C(O)c2cc(F)ccc2F)cc1. The van der Waals surface area contributed by atoms with E-state index in [9.17, 15) is 13.9 Å². The summed E-state index contributed by atoms with van der Waals surface area (Å²) in [5.41, 5.74) is 0.396. The summed E-state index contributed by atoms with van der Waals surface area (Å²) in [7, 11) is 0. The van der Waals surface area contributed by atoms with Crippen molar-refractivity contribution in [2.75, 3.05) is 0 Å². The molecule has 20 heavy (non-hydrogen) atoms. The highest BCUT2D eigenvalue weighted by Gasteiger charge is 2.16. The van der Waals surface area contributed by atoms with Crippen molar-refractivity contribution < 1.29 is 18.6 Å². The Morgan fingerprint density at radius 3 is 2.25 bits per heavy atom. The van der Waals surface area contributed by atoms with Gasteiger partial charge >= 0.3 is 0 Å². The number of hydrogen-bond donors (Lipinski definition) is 1. The lowest BCUT2D eigenvalue weighted by Gasteiger charge is -2.14. The molecule has 2 rings (SSSR count). The second-order valence-corrected chi connectivity index (χ2v) is 4.80. The van der Waals surface area contributed by atoms with Gasteiger partial charge in [-0.05, 0) is 49.7 Å². The van der Waals surface area contributed by atoms with Crippen LogP contribution >= 0.6 is 0 Å². The van der Waals surface area contributed by atoms with Crippen LogP contribution in [0.3, 0.4) is 0 Å². The molecule has 0 saturated heterocycles. The van der Waals surface area contributed by atoms with Crippen molar-refractivity contribution in [2.24, 2.45) is 0 Å². The van der Waals surface area contributed by atoms with Crippen LogP contribution in [0.5, 0.6) is 5.75 Å². The first-order valence-electron chi connectivity index (χ1n) is 6.37. The fraction of sp³-hybridized carbons (Fsp3) is 0.250. The molecule has 106 valence electrons. The maximum Gasteiger partial charge on any atom is 0.129 e. The topological polar surface area (TPSA) is 29.5 Å². The van der Waals surface area contributed by atoms with E-state index in [0.29, 0.717) is 11.3 Å². The number of halogens is 2. The zero-order valence-corrected chi connectivity index (χ0v) is 11.3. The van der Waals surface area contributed by atoms with Gasteiger partial charge in [-0.2, -0.15) is 0 Å². The van der Waals surface area contributed by atoms with E-state index in [1.54, 1.807) is 24.3 Å². The number of benzene rings is 2. The molecule has 0 amide bonds. The molecule has 0 aliphatic carbocycles. The van der Waals surface area contributed by atoms with E-state index in [1.165, 1.54) is 0 Å². The van der Waals surface area contributed by atoms with Gasteiger partial charge in [0.25, 0.3) is 0 Å². The van der Waals surface area contributed by atoms with Crippen LogP contribution in [0.4, 0.5) is 8.78 Å². The molecular weight excluding hydrogens is 262 g/mol. The smallest absolute Gasteiger partial charge is 0.129 e. The fourth-order valence-electron chi connectivity index (χ4n) is 1.90. The maximum absolute atomic E-state index is 13.6. The predicted octanol–water partition coefficient (Wildman–Crippen LogP) is 3.83. The van der Waals surface area contributed by atoms with Gasteiger partial charge in [0.2, 0.25) is 0 Å². The van der Waals surface area contributed by atoms with Gasteiger partial charge in [0.15, 0.2) is 0 Å². The van der Waals surface area contributed by atoms with Gasteiger partial charge < -0.3 is 9.84 Å². The summed E-state index contributed by atoms with van der Waals surface area (Å²) < 4.78 is 32.2. The van der Waals surface area contributed by atoms with Crippen LogP contribution in [0.1, 0.15) is 31.1 Å². The third kappa shape index (κ3) is 3.33. The molecule has 0 aliphatic rings. The molecule has 0 radical (unpaired) electrons. The highest BCUT2D eigenvalue weighted by Crippen LogP contribution is 2.26. The van der Waals surface area contributed by atoms with Gasteiger partial charge in [0.05, 0.1) is 6.10 Å². The molecule has 0 aromatic heterocycles. The van der Waals surface area contributed by atoms with Crippen LogP contribution in [0.25, 0.3) is 0 Å². The Hall–Kier alpha value is -1.94. The average Bonchev–Trinajstić information content (AvgIpc) is 2.41. The highest BCUT2D eigenvalue weighted by molar-refractivity contribution is 5.34. The average molecular weight is 278 g/mol. The van der Waals surface area contributed by atoms with Crippen LogP contribution < -0.4 is 4.74 Å². The first kappa shape index (κ1) is 14.5. The third-order valence-electron chi connectivity index (χ3n) is 2.82. The zero-order chi connectivity index (χ0) is 14.7. The minimum absolute atomic E-state index is 0.0476. The fourth-order valence-corrected chi connectivity index (χ4v) is 1.90. The minimum atomic E-state index is -1.21. The summed E-state index contributed by atoms with van der Waals surface area (Å²) in [6, 6.07) is 9.67. The van der Waals surface area contributed by atoms with Crippen LogP contribution in [0.15, 0.2) is 42.5 Å². The number of aliphatic hydroxyl groups is 1. The van der Waals surface area contributed by atoms with E-state index in [0.717, 1.165) is 18.2 Å². The molecule has 2 aromatic rings. The Balaban J connectivity index is 2.24. The molecule has 0 bridgehead atoms. The minimum Gasteiger partial charge on any atom is -0.491 e. The largest absolute Gasteiger partial charge is 0.491 e. The first-order chi connectivity index (χ1) is 9.47. The molecular formula is C16H16F2O2. The standard InChI is InChI=1S/C16H16F2O2/c1-10(2)20-13-6-3-11(4-7-13)16(19)14-9-12(17)5-8-15(14)18/h3-10,16,19H,1-2H3. The van der Waals surface area contributed by atoms with Gasteiger partial charge in [-0.1, -0.05) is 12.1 Å². The van der Waals surface area contributed by atoms with Gasteiger partial charge in [-0.15, -0.1) is 0 Å². The highest BCUT2D eigenvalue weighted by atomic mass is 19.1. The van der Waals surface area contributed by atoms with Crippen molar-refractivity contribution in [2.45, 2.75) is 26.1 Å². The summed E-state index contributed by atoms with van der Waals surface area (Å²) >= 11 is 0. The molecule has 0 heterocycles. The number of hydrogen-bond acceptors (Lipinski definition) is 2. The van der Waals surface area contributed by atoms with Crippen molar-refractivity contribution >= 4 is 0 Å². The molecule has 0 aliphatic heterocycles. The summed E-state index contributed by atoms with van der Waals surface area (Å²) in [6.45, 7) is 3.82. The Morgan fingerprint density at radius 2 is 1.65 bits per heavy atom. The van der Waals surface area contributed by atoms with Gasteiger partial charge in [-0.25, -0.2) is 8.78 Å². The van der Waals surface area contributed by atoms with Crippen molar-refractivity contribution in [3.63, 3.8) is 0 Å². The Kier molecular flexibility index (Phi) is 4.35. The lowest BCUT2D eigenvalue weighted by molar-refractivity contribution is 0.213. The molecule has 4 heteroatoms.